The Morgan fingerprint density at radius 2 is 2.00 bits per heavy atom. The summed E-state index contributed by atoms with van der Waals surface area (Å²) in [4.78, 5) is 2.14. The lowest BCUT2D eigenvalue weighted by atomic mass is 10.0. The van der Waals surface area contributed by atoms with Crippen molar-refractivity contribution in [3.63, 3.8) is 0 Å². The first-order valence-electron chi connectivity index (χ1n) is 7.05. The Hall–Kier alpha value is -0.550. The Labute approximate surface area is 114 Å². The van der Waals surface area contributed by atoms with E-state index in [0.29, 0.717) is 25.0 Å². The highest BCUT2D eigenvalue weighted by atomic mass is 19.4. The maximum Gasteiger partial charge on any atom is 0.412 e. The molecule has 2 nitrogen and oxygen atoms in total. The molecule has 1 aliphatic rings. The van der Waals surface area contributed by atoms with Crippen LogP contribution in [0.5, 0.6) is 0 Å². The second-order valence-corrected chi connectivity index (χ2v) is 5.59. The van der Waals surface area contributed by atoms with Crippen molar-refractivity contribution in [2.24, 2.45) is 5.92 Å². The highest BCUT2D eigenvalue weighted by molar-refractivity contribution is 5.13. The molecule has 0 radical (unpaired) electrons. The second kappa shape index (κ2) is 7.29. The molecule has 0 spiro atoms. The summed E-state index contributed by atoms with van der Waals surface area (Å²) in [6, 6.07) is 0.324. The van der Waals surface area contributed by atoms with Crippen molar-refractivity contribution in [1.29, 1.82) is 0 Å². The summed E-state index contributed by atoms with van der Waals surface area (Å²) in [6.45, 7) is 9.10. The molecule has 1 unspecified atom stereocenters. The smallest absolute Gasteiger partial charge is 0.315 e. The highest BCUT2D eigenvalue weighted by Crippen LogP contribution is 2.30. The van der Waals surface area contributed by atoms with E-state index in [2.05, 4.69) is 31.0 Å². The number of nitrogens with zero attached hydrogens (tertiary/aromatic N) is 1. The predicted molar refractivity (Wildman–Crippen MR) is 72.1 cm³/mol. The van der Waals surface area contributed by atoms with Crippen molar-refractivity contribution < 1.29 is 13.2 Å². The van der Waals surface area contributed by atoms with Crippen LogP contribution in [0.2, 0.25) is 0 Å². The molecule has 0 amide bonds. The minimum atomic E-state index is -4.15. The molecule has 1 heterocycles. The number of hydrogen-bond donors (Lipinski definition) is 1. The van der Waals surface area contributed by atoms with Crippen LogP contribution in [0.4, 0.5) is 13.2 Å². The number of halogens is 3. The lowest BCUT2D eigenvalue weighted by Gasteiger charge is -2.34. The summed E-state index contributed by atoms with van der Waals surface area (Å²) in [7, 11) is 0. The van der Waals surface area contributed by atoms with E-state index in [9.17, 15) is 13.2 Å². The normalized spacial score (nSPS) is 19.6. The zero-order valence-electron chi connectivity index (χ0n) is 12.1. The van der Waals surface area contributed by atoms with Gasteiger partial charge in [0.15, 0.2) is 0 Å². The van der Waals surface area contributed by atoms with Crippen LogP contribution in [0.15, 0.2) is 11.6 Å². The van der Waals surface area contributed by atoms with E-state index in [0.717, 1.165) is 19.5 Å². The first-order chi connectivity index (χ1) is 8.84. The Balaban J connectivity index is 2.45. The van der Waals surface area contributed by atoms with Crippen LogP contribution in [0.3, 0.4) is 0 Å². The zero-order valence-corrected chi connectivity index (χ0v) is 12.1. The third-order valence-corrected chi connectivity index (χ3v) is 3.52. The summed E-state index contributed by atoms with van der Waals surface area (Å²) < 4.78 is 37.6. The van der Waals surface area contributed by atoms with E-state index in [1.165, 1.54) is 6.08 Å². The molecule has 112 valence electrons. The highest BCUT2D eigenvalue weighted by Gasteiger charge is 2.35. The van der Waals surface area contributed by atoms with E-state index in [1.807, 2.05) is 0 Å². The monoisotopic (exact) mass is 278 g/mol. The predicted octanol–water partition coefficient (Wildman–Crippen LogP) is 3.21. The van der Waals surface area contributed by atoms with Gasteiger partial charge >= 0.3 is 6.18 Å². The van der Waals surface area contributed by atoms with Crippen molar-refractivity contribution in [1.82, 2.24) is 10.2 Å². The topological polar surface area (TPSA) is 15.3 Å². The van der Waals surface area contributed by atoms with Gasteiger partial charge in [0.25, 0.3) is 0 Å². The molecule has 19 heavy (non-hydrogen) atoms. The number of rotatable bonds is 6. The molecule has 0 aromatic carbocycles. The maximum absolute atomic E-state index is 12.5. The molecule has 0 bridgehead atoms. The summed E-state index contributed by atoms with van der Waals surface area (Å²) in [5.41, 5.74) is -0.367. The van der Waals surface area contributed by atoms with Gasteiger partial charge in [-0.2, -0.15) is 13.2 Å². The zero-order chi connectivity index (χ0) is 14.5. The van der Waals surface area contributed by atoms with E-state index in [-0.39, 0.29) is 12.0 Å². The van der Waals surface area contributed by atoms with Gasteiger partial charge in [-0.3, -0.25) is 4.90 Å². The fraction of sp³-hybridized carbons (Fsp3) is 0.857. The van der Waals surface area contributed by atoms with Crippen molar-refractivity contribution in [3.8, 4) is 0 Å². The molecular weight excluding hydrogens is 253 g/mol. The molecule has 1 atom stereocenters. The fourth-order valence-corrected chi connectivity index (χ4v) is 2.34. The molecule has 5 heteroatoms. The van der Waals surface area contributed by atoms with Gasteiger partial charge in [-0.05, 0) is 25.3 Å². The van der Waals surface area contributed by atoms with Gasteiger partial charge in [0, 0.05) is 31.2 Å². The average molecular weight is 278 g/mol. The van der Waals surface area contributed by atoms with Gasteiger partial charge in [0.2, 0.25) is 0 Å². The summed E-state index contributed by atoms with van der Waals surface area (Å²) in [5, 5.41) is 3.39. The summed E-state index contributed by atoms with van der Waals surface area (Å²) >= 11 is 0. The molecule has 0 saturated heterocycles. The van der Waals surface area contributed by atoms with Gasteiger partial charge in [0.05, 0.1) is 0 Å². The standard InChI is InChI=1S/C14H25F3N2/c1-4-13(10-18-9-11(2)3)19-7-5-12(6-8-19)14(15,16)17/h5,11,13,18H,4,6-10H2,1-3H3. The minimum absolute atomic E-state index is 0.115. The molecule has 0 fully saturated rings. The lowest BCUT2D eigenvalue weighted by molar-refractivity contribution is -0.0964. The van der Waals surface area contributed by atoms with Crippen molar-refractivity contribution in [3.05, 3.63) is 11.6 Å². The van der Waals surface area contributed by atoms with Crippen molar-refractivity contribution in [2.75, 3.05) is 26.2 Å². The van der Waals surface area contributed by atoms with E-state index in [1.54, 1.807) is 0 Å². The van der Waals surface area contributed by atoms with E-state index < -0.39 is 6.18 Å². The quantitative estimate of drug-likeness (QED) is 0.751. The van der Waals surface area contributed by atoms with Gasteiger partial charge < -0.3 is 5.32 Å². The summed E-state index contributed by atoms with van der Waals surface area (Å²) in [5.74, 6) is 0.593. The van der Waals surface area contributed by atoms with Crippen LogP contribution in [0.1, 0.15) is 33.6 Å². The molecule has 0 aromatic rings. The first-order valence-corrected chi connectivity index (χ1v) is 7.05. The van der Waals surface area contributed by atoms with Gasteiger partial charge in [-0.1, -0.05) is 26.8 Å². The van der Waals surface area contributed by atoms with E-state index >= 15 is 0 Å². The van der Waals surface area contributed by atoms with Gasteiger partial charge in [-0.15, -0.1) is 0 Å². The fourth-order valence-electron chi connectivity index (χ4n) is 2.34. The molecule has 0 aromatic heterocycles. The van der Waals surface area contributed by atoms with Crippen LogP contribution >= 0.6 is 0 Å². The molecule has 1 rings (SSSR count). The summed E-state index contributed by atoms with van der Waals surface area (Å²) in [6.07, 6.45) is -1.73. The Bertz CT molecular complexity index is 298. The average Bonchev–Trinajstić information content (AvgIpc) is 2.33. The SMILES string of the molecule is CCC(CNCC(C)C)N1CC=C(C(F)(F)F)CC1. The third-order valence-electron chi connectivity index (χ3n) is 3.52. The largest absolute Gasteiger partial charge is 0.412 e. The van der Waals surface area contributed by atoms with Crippen LogP contribution in [0, 0.1) is 5.92 Å². The van der Waals surface area contributed by atoms with E-state index in [4.69, 9.17) is 0 Å². The van der Waals surface area contributed by atoms with Gasteiger partial charge in [-0.25, -0.2) is 0 Å². The molecule has 0 aliphatic carbocycles. The minimum Gasteiger partial charge on any atom is -0.315 e. The second-order valence-electron chi connectivity index (χ2n) is 5.59. The van der Waals surface area contributed by atoms with Crippen LogP contribution in [0.25, 0.3) is 0 Å². The Morgan fingerprint density at radius 3 is 2.42 bits per heavy atom. The third kappa shape index (κ3) is 5.53. The van der Waals surface area contributed by atoms with Crippen LogP contribution in [-0.2, 0) is 0 Å². The molecular formula is C14H25F3N2. The first kappa shape index (κ1) is 16.5. The molecule has 0 saturated carbocycles. The van der Waals surface area contributed by atoms with Crippen LogP contribution in [-0.4, -0.2) is 43.3 Å². The molecule has 1 N–H and O–H groups in total. The number of nitrogens with one attached hydrogen (secondary N) is 1. The van der Waals surface area contributed by atoms with Crippen LogP contribution < -0.4 is 5.32 Å². The number of alkyl halides is 3. The Kier molecular flexibility index (Phi) is 6.33. The molecule has 1 aliphatic heterocycles. The maximum atomic E-state index is 12.5. The number of hydrogen-bond acceptors (Lipinski definition) is 2. The van der Waals surface area contributed by atoms with Gasteiger partial charge in [0.1, 0.15) is 0 Å². The Morgan fingerprint density at radius 1 is 1.32 bits per heavy atom. The lowest BCUT2D eigenvalue weighted by Crippen LogP contribution is -2.45. The van der Waals surface area contributed by atoms with Crippen molar-refractivity contribution in [2.45, 2.75) is 45.8 Å². The van der Waals surface area contributed by atoms with Crippen molar-refractivity contribution >= 4 is 0 Å².